The molecule has 0 fully saturated rings. The molecule has 0 spiro atoms. The molecule has 2 aromatic carbocycles. The van der Waals surface area contributed by atoms with E-state index in [9.17, 15) is 0 Å². The molecule has 0 amide bonds. The Morgan fingerprint density at radius 3 is 2.81 bits per heavy atom. The quantitative estimate of drug-likeness (QED) is 0.759. The molecule has 106 valence electrons. The average molecular weight is 298 g/mol. The Kier molecular flexibility index (Phi) is 3.02. The lowest BCUT2D eigenvalue weighted by Gasteiger charge is -2.35. The summed E-state index contributed by atoms with van der Waals surface area (Å²) in [6.45, 7) is 0. The lowest BCUT2D eigenvalue weighted by atomic mass is 9.73. The summed E-state index contributed by atoms with van der Waals surface area (Å²) in [6.07, 6.45) is 1.09. The molecule has 1 heterocycles. The zero-order valence-electron chi connectivity index (χ0n) is 11.8. The van der Waals surface area contributed by atoms with Crippen molar-refractivity contribution in [3.05, 3.63) is 70.4 Å². The lowest BCUT2D eigenvalue weighted by Crippen LogP contribution is -2.31. The van der Waals surface area contributed by atoms with Crippen molar-refractivity contribution in [3.63, 3.8) is 0 Å². The van der Waals surface area contributed by atoms with Gasteiger partial charge >= 0.3 is 0 Å². The molecule has 1 aliphatic rings. The van der Waals surface area contributed by atoms with Gasteiger partial charge in [0.05, 0.1) is 11.1 Å². The van der Waals surface area contributed by atoms with Crippen molar-refractivity contribution in [2.75, 3.05) is 7.05 Å². The summed E-state index contributed by atoms with van der Waals surface area (Å²) in [7, 11) is 1.99. The lowest BCUT2D eigenvalue weighted by molar-refractivity contribution is 0.372. The van der Waals surface area contributed by atoms with E-state index in [-0.39, 0.29) is 6.04 Å². The summed E-state index contributed by atoms with van der Waals surface area (Å²) in [6, 6.07) is 16.8. The maximum atomic E-state index is 6.21. The number of halogens is 1. The highest BCUT2D eigenvalue weighted by atomic mass is 35.5. The first-order valence-electron chi connectivity index (χ1n) is 7.21. The molecule has 0 bridgehead atoms. The van der Waals surface area contributed by atoms with E-state index >= 15 is 0 Å². The summed E-state index contributed by atoms with van der Waals surface area (Å²) in [5.41, 5.74) is 3.64. The molecule has 21 heavy (non-hydrogen) atoms. The maximum absolute atomic E-state index is 6.21. The molecular weight excluding hydrogens is 282 g/mol. The second-order valence-electron chi connectivity index (χ2n) is 5.58. The molecule has 0 aliphatic heterocycles. The highest BCUT2D eigenvalue weighted by Crippen LogP contribution is 2.44. The van der Waals surface area contributed by atoms with E-state index in [1.165, 1.54) is 11.1 Å². The van der Waals surface area contributed by atoms with Crippen LogP contribution in [0.1, 0.15) is 28.8 Å². The van der Waals surface area contributed by atoms with E-state index in [1.54, 1.807) is 0 Å². The van der Waals surface area contributed by atoms with Gasteiger partial charge in [0.15, 0.2) is 5.58 Å². The number of nitrogens with one attached hydrogen (secondary N) is 1. The Morgan fingerprint density at radius 2 is 2.05 bits per heavy atom. The SMILES string of the molecule is CNC(c1cc2cccc(Cl)c2o1)C1Cc2ccccc21. The normalized spacial score (nSPS) is 18.3. The van der Waals surface area contributed by atoms with Gasteiger partial charge in [-0.3, -0.25) is 0 Å². The maximum Gasteiger partial charge on any atom is 0.152 e. The van der Waals surface area contributed by atoms with Gasteiger partial charge in [-0.15, -0.1) is 0 Å². The molecule has 3 aromatic rings. The first-order valence-corrected chi connectivity index (χ1v) is 7.59. The minimum absolute atomic E-state index is 0.184. The third kappa shape index (κ3) is 1.98. The number of para-hydroxylation sites is 1. The Balaban J connectivity index is 1.75. The minimum Gasteiger partial charge on any atom is -0.458 e. The molecule has 2 atom stereocenters. The van der Waals surface area contributed by atoms with Gasteiger partial charge in [-0.2, -0.15) is 0 Å². The van der Waals surface area contributed by atoms with E-state index in [4.69, 9.17) is 16.0 Å². The van der Waals surface area contributed by atoms with Gasteiger partial charge < -0.3 is 9.73 Å². The molecule has 0 saturated heterocycles. The second kappa shape index (κ2) is 4.90. The number of likely N-dealkylation sites (N-methyl/N-ethyl adjacent to an activating group) is 1. The summed E-state index contributed by atoms with van der Waals surface area (Å²) >= 11 is 6.21. The summed E-state index contributed by atoms with van der Waals surface area (Å²) < 4.78 is 6.03. The predicted octanol–water partition coefficient (Wildman–Crippen LogP) is 4.69. The topological polar surface area (TPSA) is 25.2 Å². The van der Waals surface area contributed by atoms with E-state index in [2.05, 4.69) is 35.6 Å². The third-order valence-corrected chi connectivity index (χ3v) is 4.73. The van der Waals surface area contributed by atoms with Crippen molar-refractivity contribution in [1.82, 2.24) is 5.32 Å². The largest absolute Gasteiger partial charge is 0.458 e. The molecule has 4 rings (SSSR count). The Bertz CT molecular complexity index is 808. The van der Waals surface area contributed by atoms with E-state index in [0.717, 1.165) is 23.2 Å². The molecule has 1 N–H and O–H groups in total. The van der Waals surface area contributed by atoms with Crippen LogP contribution >= 0.6 is 11.6 Å². The van der Waals surface area contributed by atoms with Crippen LogP contribution in [0.4, 0.5) is 0 Å². The Labute approximate surface area is 128 Å². The van der Waals surface area contributed by atoms with Crippen molar-refractivity contribution in [3.8, 4) is 0 Å². The number of fused-ring (bicyclic) bond motifs is 2. The van der Waals surface area contributed by atoms with Crippen LogP contribution in [0.25, 0.3) is 11.0 Å². The fourth-order valence-electron chi connectivity index (χ4n) is 3.34. The van der Waals surface area contributed by atoms with Gasteiger partial charge in [-0.1, -0.05) is 48.0 Å². The first kappa shape index (κ1) is 12.9. The van der Waals surface area contributed by atoms with Crippen LogP contribution in [0.2, 0.25) is 5.02 Å². The van der Waals surface area contributed by atoms with Crippen molar-refractivity contribution in [1.29, 1.82) is 0 Å². The molecule has 1 aromatic heterocycles. The van der Waals surface area contributed by atoms with Crippen LogP contribution in [0, 0.1) is 0 Å². The van der Waals surface area contributed by atoms with Crippen LogP contribution in [0.3, 0.4) is 0 Å². The highest BCUT2D eigenvalue weighted by Gasteiger charge is 2.34. The van der Waals surface area contributed by atoms with Crippen LogP contribution in [0.15, 0.2) is 52.9 Å². The van der Waals surface area contributed by atoms with Crippen LogP contribution in [0.5, 0.6) is 0 Å². The molecule has 2 unspecified atom stereocenters. The molecule has 2 nitrogen and oxygen atoms in total. The van der Waals surface area contributed by atoms with Crippen molar-refractivity contribution in [2.45, 2.75) is 18.4 Å². The first-order chi connectivity index (χ1) is 10.3. The number of hydrogen-bond donors (Lipinski definition) is 1. The highest BCUT2D eigenvalue weighted by molar-refractivity contribution is 6.34. The number of furan rings is 1. The smallest absolute Gasteiger partial charge is 0.152 e. The van der Waals surface area contributed by atoms with Crippen LogP contribution in [-0.2, 0) is 6.42 Å². The number of rotatable bonds is 3. The fraction of sp³-hybridized carbons (Fsp3) is 0.222. The van der Waals surface area contributed by atoms with Crippen LogP contribution < -0.4 is 5.32 Å². The molecule has 1 aliphatic carbocycles. The van der Waals surface area contributed by atoms with Gasteiger partial charge in [0.1, 0.15) is 5.76 Å². The standard InChI is InChI=1S/C18H16ClNO/c1-20-17(14-9-11-5-2-3-7-13(11)14)16-10-12-6-4-8-15(19)18(12)21-16/h2-8,10,14,17,20H,9H2,1H3. The summed E-state index contributed by atoms with van der Waals surface area (Å²) in [5.74, 6) is 1.42. The van der Waals surface area contributed by atoms with Gasteiger partial charge in [-0.05, 0) is 36.7 Å². The molecule has 3 heteroatoms. The van der Waals surface area contributed by atoms with E-state index in [0.29, 0.717) is 10.9 Å². The van der Waals surface area contributed by atoms with E-state index < -0.39 is 0 Å². The predicted molar refractivity (Wildman–Crippen MR) is 85.9 cm³/mol. The van der Waals surface area contributed by atoms with Gasteiger partial charge in [0.2, 0.25) is 0 Å². The van der Waals surface area contributed by atoms with Crippen molar-refractivity contribution >= 4 is 22.6 Å². The zero-order chi connectivity index (χ0) is 14.4. The monoisotopic (exact) mass is 297 g/mol. The van der Waals surface area contributed by atoms with Gasteiger partial charge in [0.25, 0.3) is 0 Å². The minimum atomic E-state index is 0.184. The summed E-state index contributed by atoms with van der Waals surface area (Å²) in [4.78, 5) is 0. The van der Waals surface area contributed by atoms with Crippen molar-refractivity contribution < 1.29 is 4.42 Å². The third-order valence-electron chi connectivity index (χ3n) is 4.43. The number of benzene rings is 2. The molecule has 0 saturated carbocycles. The molecule has 0 radical (unpaired) electrons. The average Bonchev–Trinajstić information content (AvgIpc) is 2.90. The fourth-order valence-corrected chi connectivity index (χ4v) is 3.56. The Morgan fingerprint density at radius 1 is 1.19 bits per heavy atom. The second-order valence-corrected chi connectivity index (χ2v) is 5.99. The Hall–Kier alpha value is -1.77. The van der Waals surface area contributed by atoms with Gasteiger partial charge in [0, 0.05) is 11.3 Å². The van der Waals surface area contributed by atoms with E-state index in [1.807, 2.05) is 25.2 Å². The summed E-state index contributed by atoms with van der Waals surface area (Å²) in [5, 5.41) is 5.13. The van der Waals surface area contributed by atoms with Crippen LogP contribution in [-0.4, -0.2) is 7.05 Å². The van der Waals surface area contributed by atoms with Crippen molar-refractivity contribution in [2.24, 2.45) is 0 Å². The molecular formula is C18H16ClNO. The van der Waals surface area contributed by atoms with Gasteiger partial charge in [-0.25, -0.2) is 0 Å². The zero-order valence-corrected chi connectivity index (χ0v) is 12.5. The number of hydrogen-bond acceptors (Lipinski definition) is 2.